The van der Waals surface area contributed by atoms with Crippen LogP contribution in [0, 0.1) is 0 Å². The first-order valence-corrected chi connectivity index (χ1v) is 7.88. The van der Waals surface area contributed by atoms with Gasteiger partial charge in [0.2, 0.25) is 0 Å². The molecule has 0 amide bonds. The molecule has 0 unspecified atom stereocenters. The molecule has 0 saturated heterocycles. The van der Waals surface area contributed by atoms with E-state index in [-0.39, 0.29) is 0 Å². The van der Waals surface area contributed by atoms with Crippen LogP contribution in [0.25, 0.3) is 28.5 Å². The first-order valence-electron chi connectivity index (χ1n) is 7.50. The summed E-state index contributed by atoms with van der Waals surface area (Å²) in [6, 6.07) is 21.5. The van der Waals surface area contributed by atoms with Crippen LogP contribution in [0.4, 0.5) is 0 Å². The topological polar surface area (TPSA) is 43.6 Å². The number of aromatic nitrogens is 4. The van der Waals surface area contributed by atoms with Gasteiger partial charge in [0.05, 0.1) is 0 Å². The first-order chi connectivity index (χ1) is 11.8. The third kappa shape index (κ3) is 2.68. The van der Waals surface area contributed by atoms with Crippen LogP contribution in [0.3, 0.4) is 0 Å². The molecular weight excluding hydrogens is 320 g/mol. The monoisotopic (exact) mass is 332 g/mol. The van der Waals surface area contributed by atoms with Gasteiger partial charge in [0.25, 0.3) is 0 Å². The maximum Gasteiger partial charge on any atom is 0.168 e. The lowest BCUT2D eigenvalue weighted by Crippen LogP contribution is -2.00. The van der Waals surface area contributed by atoms with Crippen LogP contribution in [0.1, 0.15) is 0 Å². The second kappa shape index (κ2) is 6.26. The Morgan fingerprint density at radius 3 is 1.88 bits per heavy atom. The van der Waals surface area contributed by atoms with Gasteiger partial charge in [-0.2, -0.15) is 0 Å². The van der Waals surface area contributed by atoms with Crippen molar-refractivity contribution in [3.63, 3.8) is 0 Å². The van der Waals surface area contributed by atoms with Gasteiger partial charge < -0.3 is 0 Å². The summed E-state index contributed by atoms with van der Waals surface area (Å²) >= 11 is 6.01. The van der Waals surface area contributed by atoms with Crippen molar-refractivity contribution >= 4 is 11.6 Å². The number of nitrogens with zero attached hydrogens (tertiary/aromatic N) is 4. The molecule has 0 N–H and O–H groups in total. The van der Waals surface area contributed by atoms with Gasteiger partial charge in [-0.05, 0) is 48.5 Å². The minimum absolute atomic E-state index is 0.693. The number of pyridine rings is 1. The molecule has 5 heteroatoms. The Hall–Kier alpha value is -2.98. The lowest BCUT2D eigenvalue weighted by Gasteiger charge is -2.10. The molecule has 2 aromatic heterocycles. The minimum Gasteiger partial charge on any atom is -0.275 e. The van der Waals surface area contributed by atoms with Crippen LogP contribution in [-0.2, 0) is 0 Å². The maximum absolute atomic E-state index is 6.01. The van der Waals surface area contributed by atoms with Gasteiger partial charge in [-0.15, -0.1) is 10.2 Å². The lowest BCUT2D eigenvalue weighted by molar-refractivity contribution is 1.07. The fourth-order valence-corrected chi connectivity index (χ4v) is 2.71. The molecule has 0 fully saturated rings. The van der Waals surface area contributed by atoms with E-state index in [2.05, 4.69) is 15.2 Å². The molecule has 0 bridgehead atoms. The Kier molecular flexibility index (Phi) is 3.81. The molecule has 4 nitrogen and oxygen atoms in total. The van der Waals surface area contributed by atoms with Gasteiger partial charge in [0.15, 0.2) is 11.6 Å². The van der Waals surface area contributed by atoms with Gasteiger partial charge >= 0.3 is 0 Å². The molecule has 0 aliphatic rings. The van der Waals surface area contributed by atoms with E-state index >= 15 is 0 Å². The van der Waals surface area contributed by atoms with Crippen molar-refractivity contribution < 1.29 is 0 Å². The lowest BCUT2D eigenvalue weighted by atomic mass is 10.2. The van der Waals surface area contributed by atoms with Gasteiger partial charge in [0, 0.05) is 34.2 Å². The van der Waals surface area contributed by atoms with Gasteiger partial charge in [-0.3, -0.25) is 9.55 Å². The van der Waals surface area contributed by atoms with E-state index in [9.17, 15) is 0 Å². The molecule has 0 atom stereocenters. The van der Waals surface area contributed by atoms with Gasteiger partial charge in [0.1, 0.15) is 0 Å². The molecule has 116 valence electrons. The van der Waals surface area contributed by atoms with Crippen LogP contribution in [0.2, 0.25) is 5.02 Å². The summed E-state index contributed by atoms with van der Waals surface area (Å²) in [6.07, 6.45) is 3.50. The van der Waals surface area contributed by atoms with Crippen molar-refractivity contribution in [3.05, 3.63) is 84.1 Å². The fraction of sp³-hybridized carbons (Fsp3) is 0. The zero-order valence-electron chi connectivity index (χ0n) is 12.7. The summed E-state index contributed by atoms with van der Waals surface area (Å²) in [5.41, 5.74) is 2.91. The highest BCUT2D eigenvalue weighted by Gasteiger charge is 2.16. The van der Waals surface area contributed by atoms with E-state index in [1.165, 1.54) is 0 Å². The molecule has 0 aliphatic heterocycles. The summed E-state index contributed by atoms with van der Waals surface area (Å²) in [7, 11) is 0. The smallest absolute Gasteiger partial charge is 0.168 e. The highest BCUT2D eigenvalue weighted by atomic mass is 35.5. The van der Waals surface area contributed by atoms with E-state index in [1.54, 1.807) is 12.4 Å². The Labute approximate surface area is 144 Å². The minimum atomic E-state index is 0.693. The zero-order valence-corrected chi connectivity index (χ0v) is 13.4. The average Bonchev–Trinajstić information content (AvgIpc) is 3.09. The summed E-state index contributed by atoms with van der Waals surface area (Å²) in [5, 5.41) is 9.53. The van der Waals surface area contributed by atoms with Crippen molar-refractivity contribution in [2.24, 2.45) is 0 Å². The molecular formula is C19H13ClN4. The average molecular weight is 333 g/mol. The molecule has 24 heavy (non-hydrogen) atoms. The Balaban J connectivity index is 1.95. The van der Waals surface area contributed by atoms with Gasteiger partial charge in [-0.25, -0.2) is 0 Å². The van der Waals surface area contributed by atoms with Gasteiger partial charge in [-0.1, -0.05) is 29.8 Å². The number of para-hydroxylation sites is 1. The van der Waals surface area contributed by atoms with Crippen molar-refractivity contribution in [2.45, 2.75) is 0 Å². The molecule has 0 saturated carbocycles. The van der Waals surface area contributed by atoms with Crippen LogP contribution < -0.4 is 0 Å². The van der Waals surface area contributed by atoms with Crippen molar-refractivity contribution in [1.29, 1.82) is 0 Å². The van der Waals surface area contributed by atoms with Crippen LogP contribution in [0.15, 0.2) is 79.1 Å². The molecule has 2 heterocycles. The Morgan fingerprint density at radius 2 is 1.25 bits per heavy atom. The summed E-state index contributed by atoms with van der Waals surface area (Å²) in [4.78, 5) is 4.08. The van der Waals surface area contributed by atoms with Crippen LogP contribution in [0.5, 0.6) is 0 Å². The largest absolute Gasteiger partial charge is 0.275 e. The first kappa shape index (κ1) is 14.6. The summed E-state index contributed by atoms with van der Waals surface area (Å²) in [5.74, 6) is 1.54. The molecule has 0 aliphatic carbocycles. The van der Waals surface area contributed by atoms with Crippen molar-refractivity contribution in [1.82, 2.24) is 19.7 Å². The number of benzene rings is 2. The number of hydrogen-bond acceptors (Lipinski definition) is 3. The van der Waals surface area contributed by atoms with Crippen molar-refractivity contribution in [2.75, 3.05) is 0 Å². The second-order valence-corrected chi connectivity index (χ2v) is 5.70. The molecule has 4 rings (SSSR count). The molecule has 0 spiro atoms. The predicted octanol–water partition coefficient (Wildman–Crippen LogP) is 4.65. The van der Waals surface area contributed by atoms with E-state index in [4.69, 9.17) is 11.6 Å². The quantitative estimate of drug-likeness (QED) is 0.548. The molecule has 0 radical (unpaired) electrons. The van der Waals surface area contributed by atoms with E-state index in [1.807, 2.05) is 71.3 Å². The number of halogens is 1. The maximum atomic E-state index is 6.01. The summed E-state index contributed by atoms with van der Waals surface area (Å²) in [6.45, 7) is 0. The van der Waals surface area contributed by atoms with Crippen LogP contribution in [-0.4, -0.2) is 19.7 Å². The van der Waals surface area contributed by atoms with Crippen LogP contribution >= 0.6 is 11.6 Å². The normalized spacial score (nSPS) is 10.7. The summed E-state index contributed by atoms with van der Waals surface area (Å²) < 4.78 is 2.04. The highest BCUT2D eigenvalue weighted by molar-refractivity contribution is 6.30. The predicted molar refractivity (Wildman–Crippen MR) is 95.0 cm³/mol. The van der Waals surface area contributed by atoms with E-state index in [0.717, 1.165) is 28.5 Å². The van der Waals surface area contributed by atoms with Crippen molar-refractivity contribution in [3.8, 4) is 28.5 Å². The third-order valence-corrected chi connectivity index (χ3v) is 3.97. The fourth-order valence-electron chi connectivity index (χ4n) is 2.58. The SMILES string of the molecule is Clc1ccc(-c2nnc(-c3ccncc3)n2-c2ccccc2)cc1. The number of rotatable bonds is 3. The highest BCUT2D eigenvalue weighted by Crippen LogP contribution is 2.28. The number of hydrogen-bond donors (Lipinski definition) is 0. The zero-order chi connectivity index (χ0) is 16.4. The Morgan fingerprint density at radius 1 is 0.667 bits per heavy atom. The standard InChI is InChI=1S/C19H13ClN4/c20-16-8-6-14(7-9-16)18-22-23-19(15-10-12-21-13-11-15)24(18)17-4-2-1-3-5-17/h1-13H. The molecule has 2 aromatic carbocycles. The molecule has 4 aromatic rings. The van der Waals surface area contributed by atoms with E-state index < -0.39 is 0 Å². The second-order valence-electron chi connectivity index (χ2n) is 5.26. The Bertz CT molecular complexity index is 948. The van der Waals surface area contributed by atoms with E-state index in [0.29, 0.717) is 5.02 Å². The third-order valence-electron chi connectivity index (χ3n) is 3.72.